The molecule has 9 nitrogen and oxygen atoms in total. The fraction of sp³-hybridized carbons (Fsp3) is 0.923. The molecule has 9 heteroatoms. The van der Waals surface area contributed by atoms with E-state index in [9.17, 15) is 9.59 Å². The number of methoxy groups -OCH3 is 1. The van der Waals surface area contributed by atoms with Crippen LogP contribution in [0, 0.1) is 0 Å². The number of alkyl carbamates (subject to hydrolysis) is 1. The van der Waals surface area contributed by atoms with Crippen molar-refractivity contribution >= 4 is 12.1 Å². The highest BCUT2D eigenvalue weighted by Crippen LogP contribution is 2.21. The summed E-state index contributed by atoms with van der Waals surface area (Å²) in [5, 5.41) is 2.71. The Hall–Kier alpha value is -1.42. The lowest BCUT2D eigenvalue weighted by Gasteiger charge is -2.30. The third-order valence-corrected chi connectivity index (χ3v) is 5.51. The number of carbonyl (C=O) groups is 2. The second-order valence-electron chi connectivity index (χ2n) is 10.7. The van der Waals surface area contributed by atoms with E-state index in [4.69, 9.17) is 28.4 Å². The fourth-order valence-corrected chi connectivity index (χ4v) is 2.67. The molecule has 0 radical (unpaired) electrons. The zero-order valence-electron chi connectivity index (χ0n) is 23.8. The molecule has 1 N–H and O–H groups in total. The Labute approximate surface area is 212 Å². The number of nitrogens with one attached hydrogen (secondary N) is 1. The first kappa shape index (κ1) is 33.6. The Balaban J connectivity index is 4.63. The Morgan fingerprint density at radius 2 is 1.43 bits per heavy atom. The monoisotopic (exact) mass is 505 g/mol. The van der Waals surface area contributed by atoms with Crippen LogP contribution in [-0.2, 0) is 33.2 Å². The first-order valence-corrected chi connectivity index (χ1v) is 12.7. The van der Waals surface area contributed by atoms with Gasteiger partial charge in [0.1, 0.15) is 6.61 Å². The molecule has 1 atom stereocenters. The van der Waals surface area contributed by atoms with Crippen LogP contribution in [-0.4, -0.2) is 81.2 Å². The van der Waals surface area contributed by atoms with Crippen molar-refractivity contribution in [3.63, 3.8) is 0 Å². The molecular formula is C26H51NO8. The van der Waals surface area contributed by atoms with Crippen LogP contribution in [0.15, 0.2) is 0 Å². The Morgan fingerprint density at radius 3 is 2.00 bits per heavy atom. The normalized spacial score (nSPS) is 13.6. The maximum Gasteiger partial charge on any atom is 0.407 e. The number of hydrogen-bond donors (Lipinski definition) is 1. The number of ether oxygens (including phenoxy) is 6. The first-order valence-electron chi connectivity index (χ1n) is 12.7. The van der Waals surface area contributed by atoms with Gasteiger partial charge in [0, 0.05) is 7.11 Å². The van der Waals surface area contributed by atoms with Crippen LogP contribution < -0.4 is 5.32 Å². The molecule has 208 valence electrons. The van der Waals surface area contributed by atoms with Crippen molar-refractivity contribution in [1.29, 1.82) is 0 Å². The van der Waals surface area contributed by atoms with Gasteiger partial charge >= 0.3 is 12.1 Å². The van der Waals surface area contributed by atoms with Gasteiger partial charge in [-0.2, -0.15) is 0 Å². The zero-order valence-corrected chi connectivity index (χ0v) is 23.8. The number of unbranched alkanes of at least 4 members (excludes halogenated alkanes) is 1. The van der Waals surface area contributed by atoms with E-state index in [0.717, 1.165) is 19.3 Å². The summed E-state index contributed by atoms with van der Waals surface area (Å²) in [4.78, 5) is 24.7. The summed E-state index contributed by atoms with van der Waals surface area (Å²) in [6, 6.07) is -0.532. The van der Waals surface area contributed by atoms with Gasteiger partial charge in [-0.15, -0.1) is 0 Å². The molecule has 0 spiro atoms. The maximum atomic E-state index is 12.7. The molecule has 0 fully saturated rings. The lowest BCUT2D eigenvalue weighted by atomic mass is 10.0. The van der Waals surface area contributed by atoms with E-state index in [2.05, 4.69) is 5.32 Å². The van der Waals surface area contributed by atoms with Gasteiger partial charge in [-0.25, -0.2) is 9.59 Å². The van der Waals surface area contributed by atoms with Crippen LogP contribution >= 0.6 is 0 Å². The molecular weight excluding hydrogens is 454 g/mol. The van der Waals surface area contributed by atoms with Crippen LogP contribution in [0.3, 0.4) is 0 Å². The minimum Gasteiger partial charge on any atom is -0.461 e. The van der Waals surface area contributed by atoms with E-state index in [0.29, 0.717) is 26.2 Å². The molecule has 0 saturated heterocycles. The second-order valence-corrected chi connectivity index (χ2v) is 10.7. The zero-order chi connectivity index (χ0) is 27.1. The molecule has 35 heavy (non-hydrogen) atoms. The summed E-state index contributed by atoms with van der Waals surface area (Å²) in [7, 11) is 1.69. The second kappa shape index (κ2) is 16.3. The van der Waals surface area contributed by atoms with E-state index in [1.807, 2.05) is 48.5 Å². The third kappa shape index (κ3) is 16.8. The van der Waals surface area contributed by atoms with Gasteiger partial charge in [0.05, 0.1) is 49.8 Å². The topological polar surface area (TPSA) is 102 Å². The molecule has 0 aromatic carbocycles. The number of esters is 1. The maximum absolute atomic E-state index is 12.7. The van der Waals surface area contributed by atoms with Crippen LogP contribution in [0.4, 0.5) is 4.79 Å². The molecule has 0 heterocycles. The summed E-state index contributed by atoms with van der Waals surface area (Å²) in [6.07, 6.45) is 2.50. The van der Waals surface area contributed by atoms with Crippen LogP contribution in [0.2, 0.25) is 0 Å². The summed E-state index contributed by atoms with van der Waals surface area (Å²) < 4.78 is 33.5. The number of rotatable bonds is 19. The Kier molecular flexibility index (Phi) is 15.7. The predicted molar refractivity (Wildman–Crippen MR) is 136 cm³/mol. The van der Waals surface area contributed by atoms with E-state index in [1.54, 1.807) is 21.0 Å². The summed E-state index contributed by atoms with van der Waals surface area (Å²) >= 11 is 0. The van der Waals surface area contributed by atoms with Crippen molar-refractivity contribution in [2.75, 3.05) is 40.1 Å². The molecule has 0 aliphatic rings. The standard InChI is InChI=1S/C26H51NO8/c1-11-12-15-31-23(29)27-21(18-32-20(2)3)19-33-22(28)26(8,9)35-17-14-25(6,7)34-16-13-24(4,5)30-10/h20-21H,11-19H2,1-10H3,(H,27,29). The molecule has 0 aromatic heterocycles. The minimum absolute atomic E-state index is 0.0305. The van der Waals surface area contributed by atoms with Crippen LogP contribution in [0.1, 0.15) is 88.0 Å². The quantitative estimate of drug-likeness (QED) is 0.200. The highest BCUT2D eigenvalue weighted by molar-refractivity contribution is 5.78. The number of hydrogen-bond acceptors (Lipinski definition) is 8. The van der Waals surface area contributed by atoms with Crippen molar-refractivity contribution in [2.45, 2.75) is 117 Å². The predicted octanol–water partition coefficient (Wildman–Crippen LogP) is 4.65. The van der Waals surface area contributed by atoms with Gasteiger partial charge in [-0.3, -0.25) is 0 Å². The van der Waals surface area contributed by atoms with E-state index < -0.39 is 29.3 Å². The smallest absolute Gasteiger partial charge is 0.407 e. The van der Waals surface area contributed by atoms with Gasteiger partial charge < -0.3 is 33.7 Å². The third-order valence-electron chi connectivity index (χ3n) is 5.51. The van der Waals surface area contributed by atoms with Crippen molar-refractivity contribution in [3.8, 4) is 0 Å². The van der Waals surface area contributed by atoms with Crippen molar-refractivity contribution in [2.24, 2.45) is 0 Å². The van der Waals surface area contributed by atoms with Gasteiger partial charge in [-0.05, 0) is 74.7 Å². The average Bonchev–Trinajstić information content (AvgIpc) is 2.74. The van der Waals surface area contributed by atoms with Gasteiger partial charge in [-0.1, -0.05) is 13.3 Å². The lowest BCUT2D eigenvalue weighted by molar-refractivity contribution is -0.171. The number of carbonyl (C=O) groups excluding carboxylic acids is 2. The SMILES string of the molecule is CCCCOC(=O)NC(COC(=O)C(C)(C)OCCC(C)(C)OCCC(C)(C)OC)COC(C)C. The molecule has 0 aliphatic heterocycles. The van der Waals surface area contributed by atoms with Crippen molar-refractivity contribution in [1.82, 2.24) is 5.32 Å². The first-order chi connectivity index (χ1) is 16.1. The van der Waals surface area contributed by atoms with Crippen molar-refractivity contribution < 1.29 is 38.0 Å². The summed E-state index contributed by atoms with van der Waals surface area (Å²) in [5.74, 6) is -0.520. The molecule has 0 saturated carbocycles. The van der Waals surface area contributed by atoms with Gasteiger partial charge in [0.2, 0.25) is 0 Å². The average molecular weight is 506 g/mol. The summed E-state index contributed by atoms with van der Waals surface area (Å²) in [5.41, 5.74) is -1.80. The molecule has 0 aromatic rings. The molecule has 1 unspecified atom stereocenters. The highest BCUT2D eigenvalue weighted by atomic mass is 16.6. The van der Waals surface area contributed by atoms with Crippen LogP contribution in [0.5, 0.6) is 0 Å². The van der Waals surface area contributed by atoms with Crippen LogP contribution in [0.25, 0.3) is 0 Å². The molecule has 0 bridgehead atoms. The van der Waals surface area contributed by atoms with Crippen molar-refractivity contribution in [3.05, 3.63) is 0 Å². The Bertz CT molecular complexity index is 604. The van der Waals surface area contributed by atoms with Gasteiger partial charge in [0.25, 0.3) is 0 Å². The molecule has 0 aliphatic carbocycles. The van der Waals surface area contributed by atoms with E-state index in [1.165, 1.54) is 0 Å². The van der Waals surface area contributed by atoms with E-state index >= 15 is 0 Å². The largest absolute Gasteiger partial charge is 0.461 e. The lowest BCUT2D eigenvalue weighted by Crippen LogP contribution is -2.45. The summed E-state index contributed by atoms with van der Waals surface area (Å²) in [6.45, 7) is 18.5. The van der Waals surface area contributed by atoms with E-state index in [-0.39, 0.29) is 24.9 Å². The fourth-order valence-electron chi connectivity index (χ4n) is 2.67. The minimum atomic E-state index is -1.15. The highest BCUT2D eigenvalue weighted by Gasteiger charge is 2.32. The Morgan fingerprint density at radius 1 is 0.829 bits per heavy atom. The molecule has 0 rings (SSSR count). The van der Waals surface area contributed by atoms with Gasteiger partial charge in [0.15, 0.2) is 5.60 Å². The number of amides is 1. The molecule has 1 amide bonds.